The van der Waals surface area contributed by atoms with E-state index < -0.39 is 11.6 Å². The Morgan fingerprint density at radius 3 is 2.43 bits per heavy atom. The maximum atomic E-state index is 12.9. The van der Waals surface area contributed by atoms with Gasteiger partial charge in [0.25, 0.3) is 5.91 Å². The first kappa shape index (κ1) is 23.8. The fourth-order valence-electron chi connectivity index (χ4n) is 5.61. The highest BCUT2D eigenvalue weighted by Gasteiger charge is 2.40. The second-order valence-electron chi connectivity index (χ2n) is 11.2. The number of ether oxygens (including phenoxy) is 1. The van der Waals surface area contributed by atoms with Crippen LogP contribution in [0, 0.1) is 0 Å². The standard InChI is InChI=1S/C26H34N4O5/c1-26(2,3)35-25(34)29-14-19(15-29)28-10-8-16(9-11-28)17-4-5-20-18(12-17)13-30(24(20)33)21-6-7-22(31)27-23(21)32/h4-5,12,16,19,21H,6-11,13-15H2,1-3H3,(H,27,31,32). The van der Waals surface area contributed by atoms with Gasteiger partial charge in [0.2, 0.25) is 11.8 Å². The van der Waals surface area contributed by atoms with Gasteiger partial charge in [0.05, 0.1) is 0 Å². The molecule has 1 aromatic rings. The Bertz CT molecular complexity index is 1050. The number of benzene rings is 1. The van der Waals surface area contributed by atoms with Crippen LogP contribution < -0.4 is 5.32 Å². The van der Waals surface area contributed by atoms with Crippen LogP contribution in [-0.2, 0) is 20.9 Å². The maximum Gasteiger partial charge on any atom is 0.410 e. The van der Waals surface area contributed by atoms with E-state index in [2.05, 4.69) is 22.3 Å². The zero-order valence-electron chi connectivity index (χ0n) is 20.7. The minimum absolute atomic E-state index is 0.129. The predicted octanol–water partition coefficient (Wildman–Crippen LogP) is 2.25. The lowest BCUT2D eigenvalue weighted by Gasteiger charge is -2.47. The zero-order valence-corrected chi connectivity index (χ0v) is 20.7. The molecule has 1 unspecified atom stereocenters. The molecule has 1 N–H and O–H groups in total. The van der Waals surface area contributed by atoms with Gasteiger partial charge in [-0.2, -0.15) is 0 Å². The molecule has 0 aromatic heterocycles. The Kier molecular flexibility index (Phi) is 6.07. The normalized spacial score (nSPS) is 24.3. The summed E-state index contributed by atoms with van der Waals surface area (Å²) in [7, 11) is 0. The molecule has 4 heterocycles. The lowest BCUT2D eigenvalue weighted by Crippen LogP contribution is -2.62. The Hall–Kier alpha value is -2.94. The average molecular weight is 483 g/mol. The monoisotopic (exact) mass is 482 g/mol. The molecule has 35 heavy (non-hydrogen) atoms. The molecular weight excluding hydrogens is 448 g/mol. The van der Waals surface area contributed by atoms with E-state index in [9.17, 15) is 19.2 Å². The van der Waals surface area contributed by atoms with Crippen LogP contribution in [0.1, 0.15) is 73.9 Å². The fraction of sp³-hybridized carbons (Fsp3) is 0.615. The lowest BCUT2D eigenvalue weighted by atomic mass is 9.87. The Labute approximate surface area is 205 Å². The van der Waals surface area contributed by atoms with Gasteiger partial charge in [0.1, 0.15) is 11.6 Å². The number of hydrogen-bond acceptors (Lipinski definition) is 6. The second-order valence-corrected chi connectivity index (χ2v) is 11.2. The summed E-state index contributed by atoms with van der Waals surface area (Å²) in [6, 6.07) is 5.90. The quantitative estimate of drug-likeness (QED) is 0.664. The van der Waals surface area contributed by atoms with Gasteiger partial charge in [-0.15, -0.1) is 0 Å². The van der Waals surface area contributed by atoms with Crippen molar-refractivity contribution in [1.82, 2.24) is 20.0 Å². The third-order valence-corrected chi connectivity index (χ3v) is 7.58. The van der Waals surface area contributed by atoms with Gasteiger partial charge in [0, 0.05) is 37.7 Å². The third-order valence-electron chi connectivity index (χ3n) is 7.58. The molecule has 0 spiro atoms. The van der Waals surface area contributed by atoms with Crippen LogP contribution in [0.15, 0.2) is 18.2 Å². The molecule has 0 aliphatic carbocycles. The first-order chi connectivity index (χ1) is 16.6. The van der Waals surface area contributed by atoms with E-state index >= 15 is 0 Å². The maximum absolute atomic E-state index is 12.9. The van der Waals surface area contributed by atoms with Crippen LogP contribution in [0.4, 0.5) is 4.79 Å². The Morgan fingerprint density at radius 1 is 1.06 bits per heavy atom. The topological polar surface area (TPSA) is 99.3 Å². The van der Waals surface area contributed by atoms with E-state index in [1.165, 1.54) is 5.56 Å². The first-order valence-corrected chi connectivity index (χ1v) is 12.6. The van der Waals surface area contributed by atoms with Gasteiger partial charge in [0.15, 0.2) is 0 Å². The van der Waals surface area contributed by atoms with E-state index in [0.29, 0.717) is 30.5 Å². The van der Waals surface area contributed by atoms with E-state index in [4.69, 9.17) is 4.74 Å². The van der Waals surface area contributed by atoms with E-state index in [0.717, 1.165) is 44.6 Å². The minimum atomic E-state index is -0.581. The summed E-state index contributed by atoms with van der Waals surface area (Å²) >= 11 is 0. The van der Waals surface area contributed by atoms with Crippen molar-refractivity contribution in [2.24, 2.45) is 0 Å². The number of likely N-dealkylation sites (tertiary alicyclic amines) is 2. The summed E-state index contributed by atoms with van der Waals surface area (Å²) in [5, 5.41) is 2.35. The summed E-state index contributed by atoms with van der Waals surface area (Å²) in [6.07, 6.45) is 2.47. The number of nitrogens with one attached hydrogen (secondary N) is 1. The molecule has 0 bridgehead atoms. The van der Waals surface area contributed by atoms with Crippen LogP contribution in [-0.4, -0.2) is 82.4 Å². The molecule has 9 nitrogen and oxygen atoms in total. The fourth-order valence-corrected chi connectivity index (χ4v) is 5.61. The number of fused-ring (bicyclic) bond motifs is 1. The molecule has 5 rings (SSSR count). The molecule has 4 aliphatic rings. The van der Waals surface area contributed by atoms with E-state index in [1.54, 1.807) is 9.80 Å². The molecule has 0 saturated carbocycles. The molecule has 1 atom stereocenters. The van der Waals surface area contributed by atoms with Crippen molar-refractivity contribution in [1.29, 1.82) is 0 Å². The SMILES string of the molecule is CC(C)(C)OC(=O)N1CC(N2CCC(c3ccc4c(c3)CN(C3CCC(=O)NC3=O)C4=O)CC2)C1. The van der Waals surface area contributed by atoms with Crippen molar-refractivity contribution in [2.75, 3.05) is 26.2 Å². The van der Waals surface area contributed by atoms with Crippen molar-refractivity contribution in [3.63, 3.8) is 0 Å². The van der Waals surface area contributed by atoms with E-state index in [-0.39, 0.29) is 30.2 Å². The van der Waals surface area contributed by atoms with Crippen molar-refractivity contribution in [3.05, 3.63) is 34.9 Å². The number of carbonyl (C=O) groups is 4. The van der Waals surface area contributed by atoms with Crippen molar-refractivity contribution in [3.8, 4) is 0 Å². The number of hydrogen-bond donors (Lipinski definition) is 1. The highest BCUT2D eigenvalue weighted by Crippen LogP contribution is 2.34. The van der Waals surface area contributed by atoms with Crippen LogP contribution in [0.25, 0.3) is 0 Å². The molecule has 3 fully saturated rings. The largest absolute Gasteiger partial charge is 0.444 e. The van der Waals surface area contributed by atoms with Gasteiger partial charge in [-0.05, 0) is 76.2 Å². The Balaban J connectivity index is 1.15. The van der Waals surface area contributed by atoms with Gasteiger partial charge in [-0.25, -0.2) is 4.79 Å². The van der Waals surface area contributed by atoms with Crippen molar-refractivity contribution in [2.45, 2.75) is 76.6 Å². The third kappa shape index (κ3) is 4.78. The van der Waals surface area contributed by atoms with Crippen molar-refractivity contribution < 1.29 is 23.9 Å². The highest BCUT2D eigenvalue weighted by atomic mass is 16.6. The van der Waals surface area contributed by atoms with Gasteiger partial charge in [-0.1, -0.05) is 12.1 Å². The van der Waals surface area contributed by atoms with Gasteiger partial charge >= 0.3 is 6.09 Å². The molecule has 4 aliphatic heterocycles. The first-order valence-electron chi connectivity index (χ1n) is 12.6. The summed E-state index contributed by atoms with van der Waals surface area (Å²) in [5.74, 6) is -0.353. The minimum Gasteiger partial charge on any atom is -0.444 e. The summed E-state index contributed by atoms with van der Waals surface area (Å²) < 4.78 is 5.46. The van der Waals surface area contributed by atoms with Crippen molar-refractivity contribution >= 4 is 23.8 Å². The number of rotatable bonds is 3. The predicted molar refractivity (Wildman–Crippen MR) is 128 cm³/mol. The zero-order chi connectivity index (χ0) is 24.9. The molecule has 9 heteroatoms. The van der Waals surface area contributed by atoms with Crippen LogP contribution in [0.2, 0.25) is 0 Å². The second kappa shape index (κ2) is 8.93. The van der Waals surface area contributed by atoms with Gasteiger partial charge in [-0.3, -0.25) is 24.6 Å². The van der Waals surface area contributed by atoms with Crippen LogP contribution >= 0.6 is 0 Å². The summed E-state index contributed by atoms with van der Waals surface area (Å²) in [4.78, 5) is 54.7. The molecule has 1 aromatic carbocycles. The number of amides is 4. The van der Waals surface area contributed by atoms with E-state index in [1.807, 2.05) is 26.8 Å². The molecule has 188 valence electrons. The molecule has 0 radical (unpaired) electrons. The average Bonchev–Trinajstić information content (AvgIpc) is 3.07. The van der Waals surface area contributed by atoms with Crippen LogP contribution in [0.3, 0.4) is 0 Å². The van der Waals surface area contributed by atoms with Gasteiger partial charge < -0.3 is 14.5 Å². The number of piperidine rings is 2. The summed E-state index contributed by atoms with van der Waals surface area (Å²) in [6.45, 7) is 9.46. The highest BCUT2D eigenvalue weighted by molar-refractivity contribution is 6.05. The molecule has 3 saturated heterocycles. The summed E-state index contributed by atoms with van der Waals surface area (Å²) in [5.41, 5.74) is 2.39. The number of carbonyl (C=O) groups excluding carboxylic acids is 4. The molecule has 4 amide bonds. The smallest absolute Gasteiger partial charge is 0.410 e. The lowest BCUT2D eigenvalue weighted by molar-refractivity contribution is -0.136. The number of nitrogens with zero attached hydrogens (tertiary/aromatic N) is 3. The Morgan fingerprint density at radius 2 is 1.77 bits per heavy atom. The molecular formula is C26H34N4O5. The number of imide groups is 1. The van der Waals surface area contributed by atoms with Crippen LogP contribution in [0.5, 0.6) is 0 Å².